The summed E-state index contributed by atoms with van der Waals surface area (Å²) in [6, 6.07) is 8.83. The number of methoxy groups -OCH3 is 1. The maximum atomic E-state index is 5.18. The lowest BCUT2D eigenvalue weighted by atomic mass is 9.92. The summed E-state index contributed by atoms with van der Waals surface area (Å²) in [5.74, 6) is 0. The van der Waals surface area contributed by atoms with Crippen LogP contribution in [0.2, 0.25) is 0 Å². The molecule has 21 heavy (non-hydrogen) atoms. The van der Waals surface area contributed by atoms with E-state index in [-0.39, 0.29) is 5.54 Å². The molecule has 0 unspecified atom stereocenters. The highest BCUT2D eigenvalue weighted by Gasteiger charge is 2.31. The van der Waals surface area contributed by atoms with Crippen LogP contribution in [-0.2, 0) is 11.3 Å². The van der Waals surface area contributed by atoms with Crippen LogP contribution < -0.4 is 10.2 Å². The Morgan fingerprint density at radius 1 is 1.19 bits per heavy atom. The smallest absolute Gasteiger partial charge is 0.0462 e. The molecule has 0 radical (unpaired) electrons. The molecule has 0 aromatic heterocycles. The third-order valence-corrected chi connectivity index (χ3v) is 4.86. The molecular formula is C18H30N2O. The molecule has 1 aromatic rings. The summed E-state index contributed by atoms with van der Waals surface area (Å²) >= 11 is 0. The largest absolute Gasteiger partial charge is 0.385 e. The number of rotatable bonds is 7. The monoisotopic (exact) mass is 290 g/mol. The summed E-state index contributed by atoms with van der Waals surface area (Å²) in [5, 5.41) is 3.82. The highest BCUT2D eigenvalue weighted by Crippen LogP contribution is 2.29. The number of para-hydroxylation sites is 1. The molecule has 1 N–H and O–H groups in total. The minimum atomic E-state index is 0.236. The zero-order chi connectivity index (χ0) is 15.1. The maximum absolute atomic E-state index is 5.18. The second-order valence-corrected chi connectivity index (χ2v) is 6.09. The van der Waals surface area contributed by atoms with Crippen LogP contribution in [0.5, 0.6) is 0 Å². The number of nitrogens with one attached hydrogen (secondary N) is 1. The summed E-state index contributed by atoms with van der Waals surface area (Å²) in [5.41, 5.74) is 3.07. The Bertz CT molecular complexity index is 429. The van der Waals surface area contributed by atoms with Gasteiger partial charge in [0.25, 0.3) is 0 Å². The fourth-order valence-electron chi connectivity index (χ4n) is 3.23. The van der Waals surface area contributed by atoms with Crippen LogP contribution in [0.15, 0.2) is 24.3 Å². The predicted octanol–water partition coefficient (Wildman–Crippen LogP) is 3.58. The molecule has 0 aliphatic carbocycles. The average Bonchev–Trinajstić information content (AvgIpc) is 2.70. The molecule has 1 aromatic carbocycles. The minimum absolute atomic E-state index is 0.236. The van der Waals surface area contributed by atoms with Crippen LogP contribution in [0.3, 0.4) is 0 Å². The van der Waals surface area contributed by atoms with Crippen molar-refractivity contribution in [1.82, 2.24) is 5.32 Å². The SMILES string of the molecule is CCC1(CC)CN(CCCCOC)c2ccccc2CN1. The predicted molar refractivity (Wildman–Crippen MR) is 89.9 cm³/mol. The van der Waals surface area contributed by atoms with Gasteiger partial charge in [-0.3, -0.25) is 0 Å². The first-order valence-corrected chi connectivity index (χ1v) is 8.31. The summed E-state index contributed by atoms with van der Waals surface area (Å²) in [4.78, 5) is 2.58. The van der Waals surface area contributed by atoms with Gasteiger partial charge < -0.3 is 15.0 Å². The van der Waals surface area contributed by atoms with Gasteiger partial charge in [-0.15, -0.1) is 0 Å². The molecule has 3 nitrogen and oxygen atoms in total. The second-order valence-electron chi connectivity index (χ2n) is 6.09. The van der Waals surface area contributed by atoms with Crippen molar-refractivity contribution >= 4 is 5.69 Å². The van der Waals surface area contributed by atoms with E-state index < -0.39 is 0 Å². The van der Waals surface area contributed by atoms with Crippen LogP contribution in [0.25, 0.3) is 0 Å². The van der Waals surface area contributed by atoms with E-state index in [1.807, 2.05) is 0 Å². The molecule has 0 saturated heterocycles. The first-order valence-electron chi connectivity index (χ1n) is 8.31. The lowest BCUT2D eigenvalue weighted by Crippen LogP contribution is -2.51. The molecule has 1 heterocycles. The Kier molecular flexibility index (Phi) is 6.07. The first-order chi connectivity index (χ1) is 10.2. The standard InChI is InChI=1S/C18H30N2O/c1-4-18(5-2)15-20(12-8-9-13-21-3)17-11-7-6-10-16(17)14-19-18/h6-7,10-11,19H,4-5,8-9,12-15H2,1-3H3. The summed E-state index contributed by atoms with van der Waals surface area (Å²) in [7, 11) is 1.78. The van der Waals surface area contributed by atoms with Crippen molar-refractivity contribution in [2.24, 2.45) is 0 Å². The number of hydrogen-bond donors (Lipinski definition) is 1. The van der Waals surface area contributed by atoms with Crippen LogP contribution in [-0.4, -0.2) is 32.3 Å². The average molecular weight is 290 g/mol. The third-order valence-electron chi connectivity index (χ3n) is 4.86. The molecule has 1 aliphatic heterocycles. The van der Waals surface area contributed by atoms with E-state index in [9.17, 15) is 0 Å². The van der Waals surface area contributed by atoms with Crippen LogP contribution in [0.1, 0.15) is 45.1 Å². The number of anilines is 1. The van der Waals surface area contributed by atoms with Gasteiger partial charge in [0, 0.05) is 44.6 Å². The molecule has 0 saturated carbocycles. The van der Waals surface area contributed by atoms with Gasteiger partial charge in [-0.1, -0.05) is 32.0 Å². The lowest BCUT2D eigenvalue weighted by Gasteiger charge is -2.36. The van der Waals surface area contributed by atoms with E-state index in [4.69, 9.17) is 4.74 Å². The van der Waals surface area contributed by atoms with E-state index in [1.54, 1.807) is 7.11 Å². The number of hydrogen-bond acceptors (Lipinski definition) is 3. The van der Waals surface area contributed by atoms with Crippen LogP contribution in [0.4, 0.5) is 5.69 Å². The minimum Gasteiger partial charge on any atom is -0.385 e. The van der Waals surface area contributed by atoms with Gasteiger partial charge in [0.1, 0.15) is 0 Å². The number of nitrogens with zero attached hydrogens (tertiary/aromatic N) is 1. The van der Waals surface area contributed by atoms with E-state index in [0.717, 1.165) is 32.7 Å². The normalized spacial score (nSPS) is 17.4. The van der Waals surface area contributed by atoms with Gasteiger partial charge in [0.05, 0.1) is 0 Å². The molecule has 0 bridgehead atoms. The van der Waals surface area contributed by atoms with Gasteiger partial charge >= 0.3 is 0 Å². The molecular weight excluding hydrogens is 260 g/mol. The lowest BCUT2D eigenvalue weighted by molar-refractivity contribution is 0.193. The maximum Gasteiger partial charge on any atom is 0.0462 e. The van der Waals surface area contributed by atoms with Crippen molar-refractivity contribution in [2.45, 2.75) is 51.6 Å². The number of ether oxygens (including phenoxy) is 1. The van der Waals surface area contributed by atoms with Crippen LogP contribution in [0, 0.1) is 0 Å². The third kappa shape index (κ3) is 3.98. The first kappa shape index (κ1) is 16.3. The van der Waals surface area contributed by atoms with Crippen LogP contribution >= 0.6 is 0 Å². The van der Waals surface area contributed by atoms with Gasteiger partial charge in [0.2, 0.25) is 0 Å². The Hall–Kier alpha value is -1.06. The Morgan fingerprint density at radius 2 is 1.95 bits per heavy atom. The summed E-state index contributed by atoms with van der Waals surface area (Å²) in [6.07, 6.45) is 4.66. The van der Waals surface area contributed by atoms with E-state index >= 15 is 0 Å². The van der Waals surface area contributed by atoms with Gasteiger partial charge in [-0.2, -0.15) is 0 Å². The second kappa shape index (κ2) is 7.81. The fraction of sp³-hybridized carbons (Fsp3) is 0.667. The fourth-order valence-corrected chi connectivity index (χ4v) is 3.23. The zero-order valence-electron chi connectivity index (χ0n) is 13.8. The Labute approximate surface area is 129 Å². The van der Waals surface area contributed by atoms with Gasteiger partial charge in [-0.05, 0) is 37.3 Å². The number of benzene rings is 1. The molecule has 0 fully saturated rings. The highest BCUT2D eigenvalue weighted by molar-refractivity contribution is 5.55. The van der Waals surface area contributed by atoms with Crippen molar-refractivity contribution in [2.75, 3.05) is 31.7 Å². The molecule has 3 heteroatoms. The number of unbranched alkanes of at least 4 members (excludes halogenated alkanes) is 1. The Morgan fingerprint density at radius 3 is 2.67 bits per heavy atom. The van der Waals surface area contributed by atoms with E-state index in [1.165, 1.54) is 30.5 Å². The molecule has 1 aliphatic rings. The quantitative estimate of drug-likeness (QED) is 0.777. The molecule has 0 spiro atoms. The van der Waals surface area contributed by atoms with Crippen molar-refractivity contribution in [1.29, 1.82) is 0 Å². The van der Waals surface area contributed by atoms with Crippen molar-refractivity contribution in [3.8, 4) is 0 Å². The summed E-state index contributed by atoms with van der Waals surface area (Å²) < 4.78 is 5.18. The van der Waals surface area contributed by atoms with Gasteiger partial charge in [0.15, 0.2) is 0 Å². The molecule has 118 valence electrons. The number of fused-ring (bicyclic) bond motifs is 1. The van der Waals surface area contributed by atoms with E-state index in [2.05, 4.69) is 48.3 Å². The summed E-state index contributed by atoms with van der Waals surface area (Å²) in [6.45, 7) is 8.66. The van der Waals surface area contributed by atoms with Gasteiger partial charge in [-0.25, -0.2) is 0 Å². The van der Waals surface area contributed by atoms with E-state index in [0.29, 0.717) is 0 Å². The highest BCUT2D eigenvalue weighted by atomic mass is 16.5. The van der Waals surface area contributed by atoms with Crippen molar-refractivity contribution in [3.63, 3.8) is 0 Å². The molecule has 2 rings (SSSR count). The Balaban J connectivity index is 2.15. The van der Waals surface area contributed by atoms with Crippen molar-refractivity contribution in [3.05, 3.63) is 29.8 Å². The zero-order valence-corrected chi connectivity index (χ0v) is 13.8. The molecule has 0 amide bonds. The molecule has 0 atom stereocenters. The topological polar surface area (TPSA) is 24.5 Å². The van der Waals surface area contributed by atoms with Crippen molar-refractivity contribution < 1.29 is 4.74 Å².